The maximum Gasteiger partial charge on any atom is 0.338 e. The van der Waals surface area contributed by atoms with E-state index in [2.05, 4.69) is 15.3 Å². The molecule has 0 atom stereocenters. The van der Waals surface area contributed by atoms with Crippen LogP contribution in [0.5, 0.6) is 0 Å². The second-order valence-corrected chi connectivity index (χ2v) is 5.95. The molecule has 0 unspecified atom stereocenters. The highest BCUT2D eigenvalue weighted by molar-refractivity contribution is 6.31. The van der Waals surface area contributed by atoms with Gasteiger partial charge in [0.25, 0.3) is 5.56 Å². The summed E-state index contributed by atoms with van der Waals surface area (Å²) < 4.78 is 5.19. The lowest BCUT2D eigenvalue weighted by Crippen LogP contribution is -2.14. The van der Waals surface area contributed by atoms with Gasteiger partial charge in [0.05, 0.1) is 16.5 Å². The largest absolute Gasteiger partial charge is 0.454 e. The Bertz CT molecular complexity index is 1060. The third-order valence-corrected chi connectivity index (χ3v) is 3.71. The molecule has 0 aliphatic heterocycles. The molecule has 2 aromatic carbocycles. The molecular weight excluding hydrogens is 358 g/mol. The normalized spacial score (nSPS) is 10.5. The predicted octanol–water partition coefficient (Wildman–Crippen LogP) is 2.89. The zero-order chi connectivity index (χ0) is 18.7. The summed E-state index contributed by atoms with van der Waals surface area (Å²) in [5.41, 5.74) is 0.826. The van der Waals surface area contributed by atoms with Crippen molar-refractivity contribution < 1.29 is 14.3 Å². The number of carbonyl (C=O) groups excluding carboxylic acids is 2. The molecule has 3 rings (SSSR count). The van der Waals surface area contributed by atoms with Gasteiger partial charge in [-0.2, -0.15) is 0 Å². The van der Waals surface area contributed by atoms with E-state index in [1.807, 2.05) is 0 Å². The molecule has 132 valence electrons. The molecule has 8 heteroatoms. The minimum absolute atomic E-state index is 0.205. The van der Waals surface area contributed by atoms with Crippen LogP contribution in [0, 0.1) is 0 Å². The summed E-state index contributed by atoms with van der Waals surface area (Å²) in [6.07, 6.45) is 0. The van der Waals surface area contributed by atoms with Gasteiger partial charge in [-0.1, -0.05) is 17.7 Å². The number of anilines is 1. The van der Waals surface area contributed by atoms with Crippen molar-refractivity contribution in [3.63, 3.8) is 0 Å². The molecule has 7 nitrogen and oxygen atoms in total. The van der Waals surface area contributed by atoms with Crippen molar-refractivity contribution in [2.75, 3.05) is 5.32 Å². The van der Waals surface area contributed by atoms with Crippen LogP contribution in [0.4, 0.5) is 5.69 Å². The van der Waals surface area contributed by atoms with E-state index in [1.165, 1.54) is 13.0 Å². The Morgan fingerprint density at radius 2 is 2.04 bits per heavy atom. The number of halogens is 1. The predicted molar refractivity (Wildman–Crippen MR) is 97.2 cm³/mol. The van der Waals surface area contributed by atoms with Crippen LogP contribution in [0.1, 0.15) is 23.1 Å². The first-order valence-electron chi connectivity index (χ1n) is 7.65. The molecule has 1 aromatic heterocycles. The highest BCUT2D eigenvalue weighted by Gasteiger charge is 2.11. The van der Waals surface area contributed by atoms with Crippen LogP contribution in [0.15, 0.2) is 47.3 Å². The first kappa shape index (κ1) is 17.6. The number of aromatic amines is 1. The minimum atomic E-state index is -0.606. The molecule has 0 aliphatic carbocycles. The Kier molecular flexibility index (Phi) is 4.99. The average molecular weight is 372 g/mol. The molecule has 0 saturated heterocycles. The number of nitrogens with one attached hydrogen (secondary N) is 2. The molecule has 0 saturated carbocycles. The topological polar surface area (TPSA) is 101 Å². The Morgan fingerprint density at radius 1 is 1.23 bits per heavy atom. The summed E-state index contributed by atoms with van der Waals surface area (Å²) in [4.78, 5) is 42.1. The molecule has 1 heterocycles. The van der Waals surface area contributed by atoms with E-state index < -0.39 is 5.97 Å². The molecule has 1 amide bonds. The highest BCUT2D eigenvalue weighted by Crippen LogP contribution is 2.15. The Morgan fingerprint density at radius 3 is 2.81 bits per heavy atom. The first-order valence-corrected chi connectivity index (χ1v) is 8.03. The van der Waals surface area contributed by atoms with Gasteiger partial charge >= 0.3 is 5.97 Å². The number of aromatic nitrogens is 2. The second-order valence-electron chi connectivity index (χ2n) is 5.51. The zero-order valence-corrected chi connectivity index (χ0v) is 14.5. The smallest absolute Gasteiger partial charge is 0.338 e. The van der Waals surface area contributed by atoms with Crippen LogP contribution in [0.2, 0.25) is 5.02 Å². The van der Waals surface area contributed by atoms with Crippen LogP contribution >= 0.6 is 11.6 Å². The van der Waals surface area contributed by atoms with Gasteiger partial charge in [-0.05, 0) is 36.4 Å². The average Bonchev–Trinajstić information content (AvgIpc) is 2.59. The summed E-state index contributed by atoms with van der Waals surface area (Å²) in [5, 5.41) is 3.44. The van der Waals surface area contributed by atoms with Crippen molar-refractivity contribution in [2.45, 2.75) is 13.5 Å². The molecule has 2 N–H and O–H groups in total. The Balaban J connectivity index is 1.76. The lowest BCUT2D eigenvalue weighted by Gasteiger charge is -2.07. The first-order chi connectivity index (χ1) is 12.4. The van der Waals surface area contributed by atoms with Crippen molar-refractivity contribution in [3.8, 4) is 0 Å². The van der Waals surface area contributed by atoms with Crippen LogP contribution in [-0.2, 0) is 16.1 Å². The van der Waals surface area contributed by atoms with Gasteiger partial charge in [-0.3, -0.25) is 9.59 Å². The monoisotopic (exact) mass is 371 g/mol. The number of esters is 1. The lowest BCUT2D eigenvalue weighted by molar-refractivity contribution is -0.114. The number of rotatable bonds is 4. The van der Waals surface area contributed by atoms with E-state index in [4.69, 9.17) is 16.3 Å². The van der Waals surface area contributed by atoms with Gasteiger partial charge in [-0.15, -0.1) is 0 Å². The summed E-state index contributed by atoms with van der Waals surface area (Å²) in [5.74, 6) is -0.644. The van der Waals surface area contributed by atoms with E-state index in [0.29, 0.717) is 21.6 Å². The Labute approximate surface area is 153 Å². The fraction of sp³-hybridized carbons (Fsp3) is 0.111. The van der Waals surface area contributed by atoms with E-state index in [1.54, 1.807) is 36.4 Å². The van der Waals surface area contributed by atoms with Crippen LogP contribution in [0.25, 0.3) is 10.9 Å². The number of amides is 1. The van der Waals surface area contributed by atoms with E-state index in [9.17, 15) is 14.4 Å². The third kappa shape index (κ3) is 4.07. The molecule has 0 aliphatic rings. The van der Waals surface area contributed by atoms with E-state index in [-0.39, 0.29) is 29.5 Å². The van der Waals surface area contributed by atoms with Crippen molar-refractivity contribution in [1.82, 2.24) is 9.97 Å². The summed E-state index contributed by atoms with van der Waals surface area (Å²) >= 11 is 5.91. The van der Waals surface area contributed by atoms with Gasteiger partial charge in [0, 0.05) is 17.6 Å². The van der Waals surface area contributed by atoms with Crippen LogP contribution < -0.4 is 10.9 Å². The summed E-state index contributed by atoms with van der Waals surface area (Å²) in [6.45, 7) is 1.17. The molecular formula is C18H14ClN3O4. The summed E-state index contributed by atoms with van der Waals surface area (Å²) in [6, 6.07) is 11.1. The van der Waals surface area contributed by atoms with Gasteiger partial charge in [-0.25, -0.2) is 9.78 Å². The van der Waals surface area contributed by atoms with Crippen molar-refractivity contribution in [1.29, 1.82) is 0 Å². The van der Waals surface area contributed by atoms with Crippen molar-refractivity contribution >= 4 is 40.1 Å². The number of hydrogen-bond acceptors (Lipinski definition) is 5. The molecule has 3 aromatic rings. The van der Waals surface area contributed by atoms with Crippen molar-refractivity contribution in [3.05, 3.63) is 69.2 Å². The SMILES string of the molecule is CC(=O)Nc1cccc(C(=O)OCc2nc3cc(Cl)ccc3c(=O)[nH]2)c1. The van der Waals surface area contributed by atoms with Gasteiger partial charge in [0.2, 0.25) is 5.91 Å². The van der Waals surface area contributed by atoms with Crippen LogP contribution in [0.3, 0.4) is 0 Å². The number of H-pyrrole nitrogens is 1. The minimum Gasteiger partial charge on any atom is -0.454 e. The lowest BCUT2D eigenvalue weighted by atomic mass is 10.2. The fourth-order valence-electron chi connectivity index (χ4n) is 2.37. The molecule has 26 heavy (non-hydrogen) atoms. The maximum absolute atomic E-state index is 12.2. The quantitative estimate of drug-likeness (QED) is 0.687. The fourth-order valence-corrected chi connectivity index (χ4v) is 2.54. The molecule has 0 radical (unpaired) electrons. The Hall–Kier alpha value is -3.19. The van der Waals surface area contributed by atoms with Gasteiger partial charge < -0.3 is 15.0 Å². The number of ether oxygens (including phenoxy) is 1. The molecule has 0 fully saturated rings. The number of benzene rings is 2. The second kappa shape index (κ2) is 7.37. The standard InChI is InChI=1S/C18H14ClN3O4/c1-10(23)20-13-4-2-3-11(7-13)18(25)26-9-16-21-15-8-12(19)5-6-14(15)17(24)22-16/h2-8H,9H2,1H3,(H,20,23)(H,21,22,24). The zero-order valence-electron chi connectivity index (χ0n) is 13.7. The number of nitrogens with zero attached hydrogens (tertiary/aromatic N) is 1. The number of carbonyl (C=O) groups is 2. The maximum atomic E-state index is 12.2. The van der Waals surface area contributed by atoms with Gasteiger partial charge in [0.15, 0.2) is 0 Å². The molecule has 0 spiro atoms. The number of fused-ring (bicyclic) bond motifs is 1. The van der Waals surface area contributed by atoms with Crippen LogP contribution in [-0.4, -0.2) is 21.8 Å². The van der Waals surface area contributed by atoms with Gasteiger partial charge in [0.1, 0.15) is 12.4 Å². The number of hydrogen-bond donors (Lipinski definition) is 2. The van der Waals surface area contributed by atoms with Crippen molar-refractivity contribution in [2.24, 2.45) is 0 Å². The van der Waals surface area contributed by atoms with E-state index in [0.717, 1.165) is 0 Å². The highest BCUT2D eigenvalue weighted by atomic mass is 35.5. The summed E-state index contributed by atoms with van der Waals surface area (Å²) in [7, 11) is 0. The molecule has 0 bridgehead atoms. The van der Waals surface area contributed by atoms with E-state index >= 15 is 0 Å². The third-order valence-electron chi connectivity index (χ3n) is 3.48.